The van der Waals surface area contributed by atoms with Gasteiger partial charge in [0.2, 0.25) is 5.91 Å². The van der Waals surface area contributed by atoms with Crippen molar-refractivity contribution in [1.29, 1.82) is 0 Å². The highest BCUT2D eigenvalue weighted by molar-refractivity contribution is 5.94. The fourth-order valence-electron chi connectivity index (χ4n) is 2.38. The van der Waals surface area contributed by atoms with Crippen LogP contribution in [-0.2, 0) is 4.79 Å². The molecular formula is C20H25FN2O4. The van der Waals surface area contributed by atoms with Gasteiger partial charge < -0.3 is 19.5 Å². The van der Waals surface area contributed by atoms with Crippen molar-refractivity contribution in [2.24, 2.45) is 0 Å². The minimum Gasteiger partial charge on any atom is -0.497 e. The van der Waals surface area contributed by atoms with Gasteiger partial charge in [0.15, 0.2) is 11.6 Å². The number of carbonyl (C=O) groups excluding carboxylic acids is 1. The quantitative estimate of drug-likeness (QED) is 0.728. The van der Waals surface area contributed by atoms with Gasteiger partial charge in [-0.05, 0) is 26.1 Å². The third kappa shape index (κ3) is 5.86. The molecule has 0 heterocycles. The Morgan fingerprint density at radius 3 is 2.37 bits per heavy atom. The third-order valence-corrected chi connectivity index (χ3v) is 4.20. The summed E-state index contributed by atoms with van der Waals surface area (Å²) in [5, 5.41) is 2.85. The lowest BCUT2D eigenvalue weighted by atomic mass is 10.2. The SMILES string of the molecule is COc1cc(NC(=O)C(C)N(C)CCOc2ccccc2F)cc(OC)c1. The van der Waals surface area contributed by atoms with Crippen molar-refractivity contribution < 1.29 is 23.4 Å². The van der Waals surface area contributed by atoms with Gasteiger partial charge in [0.25, 0.3) is 0 Å². The number of carbonyl (C=O) groups is 1. The zero-order chi connectivity index (χ0) is 19.8. The van der Waals surface area contributed by atoms with Crippen LogP contribution in [0.15, 0.2) is 42.5 Å². The maximum atomic E-state index is 13.5. The first kappa shape index (κ1) is 20.5. The molecule has 7 heteroatoms. The van der Waals surface area contributed by atoms with Crippen molar-refractivity contribution in [1.82, 2.24) is 4.90 Å². The van der Waals surface area contributed by atoms with E-state index in [0.29, 0.717) is 23.7 Å². The van der Waals surface area contributed by atoms with E-state index in [0.717, 1.165) is 0 Å². The van der Waals surface area contributed by atoms with Gasteiger partial charge in [-0.2, -0.15) is 0 Å². The van der Waals surface area contributed by atoms with E-state index in [-0.39, 0.29) is 18.3 Å². The third-order valence-electron chi connectivity index (χ3n) is 4.20. The molecule has 0 saturated heterocycles. The molecule has 6 nitrogen and oxygen atoms in total. The van der Waals surface area contributed by atoms with Crippen LogP contribution >= 0.6 is 0 Å². The van der Waals surface area contributed by atoms with Crippen LogP contribution in [0.5, 0.6) is 17.2 Å². The van der Waals surface area contributed by atoms with E-state index in [1.807, 2.05) is 4.90 Å². The topological polar surface area (TPSA) is 60.0 Å². The number of para-hydroxylation sites is 1. The Labute approximate surface area is 158 Å². The number of rotatable bonds is 9. The number of hydrogen-bond acceptors (Lipinski definition) is 5. The molecule has 0 aromatic heterocycles. The molecule has 0 fully saturated rings. The van der Waals surface area contributed by atoms with E-state index in [1.54, 1.807) is 64.6 Å². The summed E-state index contributed by atoms with van der Waals surface area (Å²) in [7, 11) is 4.90. The largest absolute Gasteiger partial charge is 0.497 e. The first-order valence-corrected chi connectivity index (χ1v) is 8.56. The molecule has 146 valence electrons. The van der Waals surface area contributed by atoms with Crippen LogP contribution < -0.4 is 19.5 Å². The monoisotopic (exact) mass is 376 g/mol. The molecule has 0 spiro atoms. The molecule has 2 aromatic carbocycles. The van der Waals surface area contributed by atoms with Crippen LogP contribution in [0.3, 0.4) is 0 Å². The molecule has 2 rings (SSSR count). The van der Waals surface area contributed by atoms with Crippen molar-refractivity contribution in [3.05, 3.63) is 48.3 Å². The van der Waals surface area contributed by atoms with Crippen LogP contribution in [0.1, 0.15) is 6.92 Å². The average Bonchev–Trinajstić information content (AvgIpc) is 2.68. The van der Waals surface area contributed by atoms with Gasteiger partial charge in [-0.25, -0.2) is 4.39 Å². The Hall–Kier alpha value is -2.80. The second kappa shape index (κ2) is 9.78. The molecule has 1 unspecified atom stereocenters. The fourth-order valence-corrected chi connectivity index (χ4v) is 2.38. The zero-order valence-corrected chi connectivity index (χ0v) is 16.0. The molecular weight excluding hydrogens is 351 g/mol. The summed E-state index contributed by atoms with van der Waals surface area (Å²) >= 11 is 0. The Morgan fingerprint density at radius 1 is 1.15 bits per heavy atom. The molecule has 27 heavy (non-hydrogen) atoms. The van der Waals surface area contributed by atoms with Gasteiger partial charge in [-0.3, -0.25) is 9.69 Å². The number of likely N-dealkylation sites (N-methyl/N-ethyl adjacent to an activating group) is 1. The number of nitrogens with zero attached hydrogens (tertiary/aromatic N) is 1. The lowest BCUT2D eigenvalue weighted by Crippen LogP contribution is -2.41. The Bertz CT molecular complexity index is 747. The molecule has 0 aliphatic carbocycles. The van der Waals surface area contributed by atoms with Gasteiger partial charge >= 0.3 is 0 Å². The number of ether oxygens (including phenoxy) is 3. The number of hydrogen-bond donors (Lipinski definition) is 1. The predicted molar refractivity (Wildman–Crippen MR) is 102 cm³/mol. The Kier molecular flexibility index (Phi) is 7.43. The van der Waals surface area contributed by atoms with E-state index in [9.17, 15) is 9.18 Å². The zero-order valence-electron chi connectivity index (χ0n) is 16.0. The summed E-state index contributed by atoms with van der Waals surface area (Å²) in [6.45, 7) is 2.52. The lowest BCUT2D eigenvalue weighted by molar-refractivity contribution is -0.120. The minimum atomic E-state index is -0.411. The fraction of sp³-hybridized carbons (Fsp3) is 0.350. The van der Waals surface area contributed by atoms with Crippen molar-refractivity contribution in [2.45, 2.75) is 13.0 Å². The van der Waals surface area contributed by atoms with E-state index >= 15 is 0 Å². The molecule has 0 aliphatic rings. The highest BCUT2D eigenvalue weighted by atomic mass is 19.1. The molecule has 0 radical (unpaired) electrons. The highest BCUT2D eigenvalue weighted by Crippen LogP contribution is 2.26. The van der Waals surface area contributed by atoms with Crippen LogP contribution in [-0.4, -0.2) is 51.3 Å². The number of nitrogens with one attached hydrogen (secondary N) is 1. The van der Waals surface area contributed by atoms with Gasteiger partial charge in [0, 0.05) is 30.4 Å². The normalized spacial score (nSPS) is 11.8. The van der Waals surface area contributed by atoms with Crippen LogP contribution in [0, 0.1) is 5.82 Å². The lowest BCUT2D eigenvalue weighted by Gasteiger charge is -2.24. The predicted octanol–water partition coefficient (Wildman–Crippen LogP) is 3.18. The second-order valence-electron chi connectivity index (χ2n) is 6.03. The van der Waals surface area contributed by atoms with Gasteiger partial charge in [-0.15, -0.1) is 0 Å². The average molecular weight is 376 g/mol. The highest BCUT2D eigenvalue weighted by Gasteiger charge is 2.19. The standard InChI is InChI=1S/C20H25FN2O4/c1-14(23(2)9-10-27-19-8-6-5-7-18(19)21)20(24)22-15-11-16(25-3)13-17(12-15)26-4/h5-8,11-14H,9-10H2,1-4H3,(H,22,24). The molecule has 0 bridgehead atoms. The van der Waals surface area contributed by atoms with Crippen LogP contribution in [0.4, 0.5) is 10.1 Å². The van der Waals surface area contributed by atoms with Crippen molar-refractivity contribution in [2.75, 3.05) is 39.7 Å². The van der Waals surface area contributed by atoms with Crippen LogP contribution in [0.2, 0.25) is 0 Å². The van der Waals surface area contributed by atoms with E-state index in [2.05, 4.69) is 5.32 Å². The maximum absolute atomic E-state index is 13.5. The second-order valence-corrected chi connectivity index (χ2v) is 6.03. The molecule has 1 atom stereocenters. The number of halogens is 1. The molecule has 0 saturated carbocycles. The first-order valence-electron chi connectivity index (χ1n) is 8.56. The summed E-state index contributed by atoms with van der Waals surface area (Å²) in [6.07, 6.45) is 0. The van der Waals surface area contributed by atoms with Crippen molar-refractivity contribution in [3.63, 3.8) is 0 Å². The molecule has 0 aliphatic heterocycles. The molecule has 2 aromatic rings. The van der Waals surface area contributed by atoms with E-state index in [1.165, 1.54) is 6.07 Å². The van der Waals surface area contributed by atoms with Gasteiger partial charge in [-0.1, -0.05) is 12.1 Å². The summed E-state index contributed by atoms with van der Waals surface area (Å²) in [5.41, 5.74) is 0.582. The van der Waals surface area contributed by atoms with E-state index < -0.39 is 11.9 Å². The number of anilines is 1. The number of benzene rings is 2. The smallest absolute Gasteiger partial charge is 0.241 e. The molecule has 1 amide bonds. The van der Waals surface area contributed by atoms with E-state index in [4.69, 9.17) is 14.2 Å². The Balaban J connectivity index is 1.89. The summed E-state index contributed by atoms with van der Waals surface area (Å²) in [6, 6.07) is 11.0. The van der Waals surface area contributed by atoms with Crippen LogP contribution in [0.25, 0.3) is 0 Å². The number of methoxy groups -OCH3 is 2. The summed E-state index contributed by atoms with van der Waals surface area (Å²) in [4.78, 5) is 14.3. The summed E-state index contributed by atoms with van der Waals surface area (Å²) < 4.78 is 29.4. The molecule has 1 N–H and O–H groups in total. The van der Waals surface area contributed by atoms with Crippen molar-refractivity contribution in [3.8, 4) is 17.2 Å². The van der Waals surface area contributed by atoms with Gasteiger partial charge in [0.05, 0.1) is 20.3 Å². The Morgan fingerprint density at radius 2 is 1.78 bits per heavy atom. The first-order chi connectivity index (χ1) is 12.9. The van der Waals surface area contributed by atoms with Gasteiger partial charge in [0.1, 0.15) is 18.1 Å². The maximum Gasteiger partial charge on any atom is 0.241 e. The minimum absolute atomic E-state index is 0.182. The number of amides is 1. The van der Waals surface area contributed by atoms with Crippen molar-refractivity contribution >= 4 is 11.6 Å². The summed E-state index contributed by atoms with van der Waals surface area (Å²) in [5.74, 6) is 0.788.